The molecule has 6 radical (unpaired) electrons. The molecule has 0 atom stereocenters. The molecule has 0 aliphatic rings. The Morgan fingerprint density at radius 3 is 1.56 bits per heavy atom. The second kappa shape index (κ2) is 6.20. The van der Waals surface area contributed by atoms with Crippen molar-refractivity contribution < 1.29 is 0 Å². The van der Waals surface area contributed by atoms with Crippen LogP contribution in [-0.2, 0) is 0 Å². The third-order valence-electron chi connectivity index (χ3n) is 0.940. The summed E-state index contributed by atoms with van der Waals surface area (Å²) in [7, 11) is 0. The summed E-state index contributed by atoms with van der Waals surface area (Å²) in [5, 5.41) is 0. The third kappa shape index (κ3) is 4.58. The van der Waals surface area contributed by atoms with Crippen LogP contribution < -0.4 is 0 Å². The van der Waals surface area contributed by atoms with Crippen molar-refractivity contribution >= 4 is 19.8 Å². The van der Waals surface area contributed by atoms with Crippen LogP contribution in [0.3, 0.4) is 0 Å². The van der Waals surface area contributed by atoms with E-state index >= 15 is 0 Å². The van der Waals surface area contributed by atoms with Crippen LogP contribution in [0.25, 0.3) is 0 Å². The van der Waals surface area contributed by atoms with Crippen LogP contribution in [0.1, 0.15) is 5.56 Å². The van der Waals surface area contributed by atoms with E-state index in [0.29, 0.717) is 0 Å². The predicted molar refractivity (Wildman–Crippen MR) is 45.0 cm³/mol. The van der Waals surface area contributed by atoms with Gasteiger partial charge in [-0.2, -0.15) is 0 Å². The molecule has 0 heterocycles. The number of hydrogen-bond acceptors (Lipinski definition) is 0. The van der Waals surface area contributed by atoms with Gasteiger partial charge in [-0.15, -0.1) is 0 Å². The Labute approximate surface area is 63.3 Å². The molecule has 0 N–H and O–H groups in total. The Hall–Kier alpha value is 0.0800. The minimum atomic E-state index is 0. The van der Waals surface area contributed by atoms with Crippen molar-refractivity contribution in [2.24, 2.45) is 0 Å². The Bertz CT molecular complexity index is 137. The molecule has 0 saturated heterocycles. The van der Waals surface area contributed by atoms with Crippen LogP contribution >= 0.6 is 19.8 Å². The Morgan fingerprint density at radius 1 is 0.889 bits per heavy atom. The van der Waals surface area contributed by atoms with Crippen LogP contribution in [0.2, 0.25) is 0 Å². The van der Waals surface area contributed by atoms with E-state index in [0.717, 1.165) is 0 Å². The minimum Gasteiger partial charge on any atom is -0.0622 e. The summed E-state index contributed by atoms with van der Waals surface area (Å²) in [4.78, 5) is 0. The van der Waals surface area contributed by atoms with Gasteiger partial charge in [-0.25, -0.2) is 0 Å². The van der Waals surface area contributed by atoms with E-state index in [1.165, 1.54) is 5.56 Å². The molecule has 0 fully saturated rings. The molecular formula is C7H8P2. The normalized spacial score (nSPS) is 6.78. The first-order valence-corrected chi connectivity index (χ1v) is 2.41. The van der Waals surface area contributed by atoms with Gasteiger partial charge in [0.2, 0.25) is 0 Å². The quantitative estimate of drug-likeness (QED) is 0.499. The molecule has 0 nitrogen and oxygen atoms in total. The zero-order valence-electron chi connectivity index (χ0n) is 5.28. The summed E-state index contributed by atoms with van der Waals surface area (Å²) in [5.74, 6) is 0. The van der Waals surface area contributed by atoms with Gasteiger partial charge >= 0.3 is 0 Å². The monoisotopic (exact) mass is 154 g/mol. The number of benzene rings is 1. The van der Waals surface area contributed by atoms with E-state index in [9.17, 15) is 0 Å². The zero-order valence-corrected chi connectivity index (χ0v) is 7.07. The topological polar surface area (TPSA) is 0 Å². The third-order valence-corrected chi connectivity index (χ3v) is 0.940. The van der Waals surface area contributed by atoms with Crippen molar-refractivity contribution in [2.45, 2.75) is 6.92 Å². The summed E-state index contributed by atoms with van der Waals surface area (Å²) < 4.78 is 0. The number of rotatable bonds is 0. The van der Waals surface area contributed by atoms with Gasteiger partial charge in [0, 0.05) is 19.8 Å². The SMILES string of the molecule is Cc1ccccc1.[P].[P]. The first kappa shape index (κ1) is 11.8. The highest BCUT2D eigenvalue weighted by atomic mass is 31.0. The van der Waals surface area contributed by atoms with Crippen molar-refractivity contribution in [1.82, 2.24) is 0 Å². The predicted octanol–water partition coefficient (Wildman–Crippen LogP) is 3.72. The average molecular weight is 154 g/mol. The smallest absolute Gasteiger partial charge is 0 e. The molecule has 1 aromatic rings. The standard InChI is InChI=1S/C7H8.2P/c1-7-5-3-2-4-6-7;;/h2-6H,1H3;;. The minimum absolute atomic E-state index is 0. The molecule has 0 saturated carbocycles. The van der Waals surface area contributed by atoms with E-state index in [4.69, 9.17) is 0 Å². The van der Waals surface area contributed by atoms with Gasteiger partial charge in [-0.05, 0) is 6.92 Å². The second-order valence-corrected chi connectivity index (χ2v) is 1.65. The van der Waals surface area contributed by atoms with E-state index in [1.54, 1.807) is 0 Å². The van der Waals surface area contributed by atoms with Crippen molar-refractivity contribution in [1.29, 1.82) is 0 Å². The molecule has 2 heteroatoms. The fourth-order valence-corrected chi connectivity index (χ4v) is 0.534. The van der Waals surface area contributed by atoms with Crippen LogP contribution in [0.4, 0.5) is 0 Å². The highest BCUT2D eigenvalue weighted by Gasteiger charge is 1.72. The lowest BCUT2D eigenvalue weighted by Crippen LogP contribution is -1.62. The molecule has 46 valence electrons. The molecule has 0 bridgehead atoms. The van der Waals surface area contributed by atoms with Gasteiger partial charge in [-0.1, -0.05) is 35.9 Å². The molecule has 0 unspecified atom stereocenters. The van der Waals surface area contributed by atoms with Crippen LogP contribution in [0.15, 0.2) is 30.3 Å². The van der Waals surface area contributed by atoms with Crippen molar-refractivity contribution in [3.8, 4) is 0 Å². The Kier molecular flexibility index (Phi) is 8.15. The molecule has 9 heavy (non-hydrogen) atoms. The first-order valence-electron chi connectivity index (χ1n) is 2.41. The Morgan fingerprint density at radius 2 is 1.33 bits per heavy atom. The zero-order chi connectivity index (χ0) is 5.11. The molecular weight excluding hydrogens is 146 g/mol. The maximum absolute atomic E-state index is 2.08. The lowest BCUT2D eigenvalue weighted by atomic mass is 10.2. The van der Waals surface area contributed by atoms with Crippen LogP contribution in [0.5, 0.6) is 0 Å². The first-order chi connectivity index (χ1) is 3.39. The molecule has 0 aromatic heterocycles. The molecule has 1 aromatic carbocycles. The summed E-state index contributed by atoms with van der Waals surface area (Å²) in [6, 6.07) is 10.3. The highest BCUT2D eigenvalue weighted by molar-refractivity contribution is 6.92. The molecule has 1 rings (SSSR count). The maximum Gasteiger partial charge on any atom is 0 e. The van der Waals surface area contributed by atoms with Gasteiger partial charge in [0.25, 0.3) is 0 Å². The van der Waals surface area contributed by atoms with E-state index in [-0.39, 0.29) is 19.8 Å². The molecule has 0 amide bonds. The Balaban J connectivity index is 0. The summed E-state index contributed by atoms with van der Waals surface area (Å²) >= 11 is 0. The van der Waals surface area contributed by atoms with Crippen molar-refractivity contribution in [3.05, 3.63) is 35.9 Å². The van der Waals surface area contributed by atoms with Gasteiger partial charge in [0.1, 0.15) is 0 Å². The lowest BCUT2D eigenvalue weighted by molar-refractivity contribution is 1.48. The summed E-state index contributed by atoms with van der Waals surface area (Å²) in [6.45, 7) is 2.08. The fraction of sp³-hybridized carbons (Fsp3) is 0.143. The van der Waals surface area contributed by atoms with Gasteiger partial charge in [0.05, 0.1) is 0 Å². The van der Waals surface area contributed by atoms with Crippen LogP contribution in [-0.4, -0.2) is 0 Å². The highest BCUT2D eigenvalue weighted by Crippen LogP contribution is 1.92. The fourth-order valence-electron chi connectivity index (χ4n) is 0.534. The van der Waals surface area contributed by atoms with E-state index < -0.39 is 0 Å². The van der Waals surface area contributed by atoms with Gasteiger partial charge in [0.15, 0.2) is 0 Å². The lowest BCUT2D eigenvalue weighted by Gasteiger charge is -1.82. The number of hydrogen-bond donors (Lipinski definition) is 0. The molecule has 0 aliphatic heterocycles. The van der Waals surface area contributed by atoms with Gasteiger partial charge < -0.3 is 0 Å². The average Bonchev–Trinajstić information content (AvgIpc) is 1.69. The number of aryl methyl sites for hydroxylation is 1. The maximum atomic E-state index is 2.08. The summed E-state index contributed by atoms with van der Waals surface area (Å²) in [5.41, 5.74) is 1.32. The van der Waals surface area contributed by atoms with Gasteiger partial charge in [-0.3, -0.25) is 0 Å². The summed E-state index contributed by atoms with van der Waals surface area (Å²) in [6.07, 6.45) is 0. The van der Waals surface area contributed by atoms with E-state index in [2.05, 4.69) is 19.1 Å². The van der Waals surface area contributed by atoms with E-state index in [1.807, 2.05) is 18.2 Å². The van der Waals surface area contributed by atoms with Crippen molar-refractivity contribution in [3.63, 3.8) is 0 Å². The molecule has 0 spiro atoms. The van der Waals surface area contributed by atoms with Crippen LogP contribution in [0, 0.1) is 6.92 Å². The second-order valence-electron chi connectivity index (χ2n) is 1.65. The molecule has 0 aliphatic carbocycles. The van der Waals surface area contributed by atoms with Crippen molar-refractivity contribution in [2.75, 3.05) is 0 Å². The largest absolute Gasteiger partial charge is 0.0622 e.